The highest BCUT2D eigenvalue weighted by molar-refractivity contribution is 5.75. The molecule has 6 heteroatoms. The molecule has 3 N–H and O–H groups in total. The van der Waals surface area contributed by atoms with E-state index in [0.717, 1.165) is 0 Å². The lowest BCUT2D eigenvalue weighted by Crippen LogP contribution is -2.39. The van der Waals surface area contributed by atoms with Gasteiger partial charge in [-0.3, -0.25) is 4.79 Å². The van der Waals surface area contributed by atoms with E-state index in [4.69, 9.17) is 14.6 Å². The van der Waals surface area contributed by atoms with Gasteiger partial charge >= 0.3 is 0 Å². The predicted molar refractivity (Wildman–Crippen MR) is 64.9 cm³/mol. The molecule has 1 aliphatic rings. The Kier molecular flexibility index (Phi) is 7.19. The topological polar surface area (TPSA) is 88.0 Å². The first-order valence-corrected chi connectivity index (χ1v) is 6.48. The molecule has 0 bridgehead atoms. The Labute approximate surface area is 107 Å². The van der Waals surface area contributed by atoms with Crippen molar-refractivity contribution in [2.45, 2.75) is 51.1 Å². The highest BCUT2D eigenvalue weighted by Crippen LogP contribution is 2.20. The molecule has 1 rings (SSSR count). The molecule has 106 valence electrons. The average molecular weight is 261 g/mol. The third-order valence-corrected chi connectivity index (χ3v) is 2.82. The molecule has 0 saturated carbocycles. The van der Waals surface area contributed by atoms with E-state index in [1.807, 2.05) is 0 Å². The van der Waals surface area contributed by atoms with Crippen molar-refractivity contribution in [1.29, 1.82) is 0 Å². The lowest BCUT2D eigenvalue weighted by Gasteiger charge is -2.32. The van der Waals surface area contributed by atoms with E-state index in [0.29, 0.717) is 38.8 Å². The van der Waals surface area contributed by atoms with Gasteiger partial charge in [-0.15, -0.1) is 0 Å². The monoisotopic (exact) mass is 261 g/mol. The minimum absolute atomic E-state index is 0.0275. The van der Waals surface area contributed by atoms with Crippen molar-refractivity contribution in [2.75, 3.05) is 19.8 Å². The molecule has 0 radical (unpaired) electrons. The van der Waals surface area contributed by atoms with Crippen molar-refractivity contribution in [3.63, 3.8) is 0 Å². The van der Waals surface area contributed by atoms with Gasteiger partial charge in [0, 0.05) is 25.8 Å². The number of carbonyl (C=O) groups is 1. The van der Waals surface area contributed by atoms with Crippen LogP contribution in [0.25, 0.3) is 0 Å². The van der Waals surface area contributed by atoms with Crippen molar-refractivity contribution in [1.82, 2.24) is 5.32 Å². The Morgan fingerprint density at radius 1 is 1.50 bits per heavy atom. The Morgan fingerprint density at radius 3 is 2.94 bits per heavy atom. The van der Waals surface area contributed by atoms with Crippen molar-refractivity contribution >= 4 is 5.91 Å². The molecule has 1 aliphatic heterocycles. The van der Waals surface area contributed by atoms with Crippen molar-refractivity contribution in [2.24, 2.45) is 0 Å². The summed E-state index contributed by atoms with van der Waals surface area (Å²) in [6.45, 7) is 2.73. The third-order valence-electron chi connectivity index (χ3n) is 2.82. The quantitative estimate of drug-likeness (QED) is 0.551. The van der Waals surface area contributed by atoms with Crippen LogP contribution in [0.3, 0.4) is 0 Å². The number of ether oxygens (including phenoxy) is 2. The molecule has 18 heavy (non-hydrogen) atoms. The maximum atomic E-state index is 11.0. The molecule has 3 unspecified atom stereocenters. The number of hydrogen-bond donors (Lipinski definition) is 3. The van der Waals surface area contributed by atoms with E-state index in [-0.39, 0.29) is 18.6 Å². The van der Waals surface area contributed by atoms with Gasteiger partial charge in [0.15, 0.2) is 6.29 Å². The Balaban J connectivity index is 2.09. The van der Waals surface area contributed by atoms with Gasteiger partial charge in [0.05, 0.1) is 25.4 Å². The Hall–Kier alpha value is -0.690. The fourth-order valence-corrected chi connectivity index (χ4v) is 1.81. The van der Waals surface area contributed by atoms with Crippen LogP contribution in [-0.4, -0.2) is 54.4 Å². The summed E-state index contributed by atoms with van der Waals surface area (Å²) < 4.78 is 10.9. The maximum Gasteiger partial charge on any atom is 0.219 e. The highest BCUT2D eigenvalue weighted by atomic mass is 16.7. The van der Waals surface area contributed by atoms with Gasteiger partial charge in [-0.05, 0) is 6.42 Å². The molecule has 1 saturated heterocycles. The van der Waals surface area contributed by atoms with Crippen LogP contribution >= 0.6 is 0 Å². The molecule has 0 aliphatic carbocycles. The molecule has 0 aromatic rings. The number of rotatable bonds is 7. The van der Waals surface area contributed by atoms with Crippen LogP contribution < -0.4 is 5.32 Å². The summed E-state index contributed by atoms with van der Waals surface area (Å²) in [7, 11) is 0. The number of aliphatic hydroxyl groups excluding tert-OH is 2. The second-order valence-corrected chi connectivity index (χ2v) is 4.42. The van der Waals surface area contributed by atoms with Crippen LogP contribution in [0.1, 0.15) is 32.6 Å². The number of carbonyl (C=O) groups excluding carboxylic acids is 1. The van der Waals surface area contributed by atoms with E-state index in [2.05, 4.69) is 5.32 Å². The zero-order valence-corrected chi connectivity index (χ0v) is 10.8. The van der Waals surface area contributed by atoms with Crippen LogP contribution in [0.15, 0.2) is 0 Å². The fourth-order valence-electron chi connectivity index (χ4n) is 1.81. The summed E-state index contributed by atoms with van der Waals surface area (Å²) in [4.78, 5) is 11.0. The van der Waals surface area contributed by atoms with Crippen LogP contribution in [0.2, 0.25) is 0 Å². The standard InChI is InChI=1S/C12H23NO5/c1-2-11(16)13-4-3-5-17-12-7-9(15)6-10(8-14)18-12/h9-10,12,14-15H,2-8H2,1H3,(H,13,16). The molecule has 1 amide bonds. The van der Waals surface area contributed by atoms with Crippen LogP contribution in [0, 0.1) is 0 Å². The predicted octanol–water partition coefficient (Wildman–Crippen LogP) is -0.222. The van der Waals surface area contributed by atoms with Crippen molar-refractivity contribution in [3.05, 3.63) is 0 Å². The zero-order chi connectivity index (χ0) is 13.4. The van der Waals surface area contributed by atoms with Crippen LogP contribution in [0.4, 0.5) is 0 Å². The Morgan fingerprint density at radius 2 is 2.28 bits per heavy atom. The molecule has 0 aromatic carbocycles. The normalized spacial score (nSPS) is 28.1. The average Bonchev–Trinajstić information content (AvgIpc) is 2.37. The largest absolute Gasteiger partial charge is 0.394 e. The van der Waals surface area contributed by atoms with E-state index in [1.165, 1.54) is 0 Å². The molecular formula is C12H23NO5. The molecule has 1 fully saturated rings. The SMILES string of the molecule is CCC(=O)NCCCOC1CC(O)CC(CO)O1. The van der Waals surface area contributed by atoms with Crippen molar-refractivity contribution < 1.29 is 24.5 Å². The van der Waals surface area contributed by atoms with E-state index >= 15 is 0 Å². The Bertz CT molecular complexity index is 249. The van der Waals surface area contributed by atoms with Gasteiger partial charge in [-0.2, -0.15) is 0 Å². The third kappa shape index (κ3) is 5.77. The first-order chi connectivity index (χ1) is 8.65. The van der Waals surface area contributed by atoms with E-state index in [9.17, 15) is 9.90 Å². The first kappa shape index (κ1) is 15.4. The van der Waals surface area contributed by atoms with Crippen LogP contribution in [0.5, 0.6) is 0 Å². The maximum absolute atomic E-state index is 11.0. The molecule has 3 atom stereocenters. The van der Waals surface area contributed by atoms with Gasteiger partial charge < -0.3 is 25.0 Å². The number of hydrogen-bond acceptors (Lipinski definition) is 5. The molecule has 6 nitrogen and oxygen atoms in total. The van der Waals surface area contributed by atoms with Crippen LogP contribution in [-0.2, 0) is 14.3 Å². The van der Waals surface area contributed by atoms with Crippen molar-refractivity contribution in [3.8, 4) is 0 Å². The van der Waals surface area contributed by atoms with Gasteiger partial charge in [0.25, 0.3) is 0 Å². The summed E-state index contributed by atoms with van der Waals surface area (Å²) >= 11 is 0. The lowest BCUT2D eigenvalue weighted by molar-refractivity contribution is -0.221. The second kappa shape index (κ2) is 8.42. The minimum Gasteiger partial charge on any atom is -0.394 e. The summed E-state index contributed by atoms with van der Waals surface area (Å²) in [6.07, 6.45) is 0.760. The summed E-state index contributed by atoms with van der Waals surface area (Å²) in [5.74, 6) is 0.0275. The van der Waals surface area contributed by atoms with Gasteiger partial charge in [-0.1, -0.05) is 6.92 Å². The van der Waals surface area contributed by atoms with Gasteiger partial charge in [0.2, 0.25) is 5.91 Å². The van der Waals surface area contributed by atoms with E-state index in [1.54, 1.807) is 6.92 Å². The summed E-state index contributed by atoms with van der Waals surface area (Å²) in [6, 6.07) is 0. The number of aliphatic hydroxyl groups is 2. The molecule has 0 spiro atoms. The first-order valence-electron chi connectivity index (χ1n) is 6.48. The second-order valence-electron chi connectivity index (χ2n) is 4.42. The van der Waals surface area contributed by atoms with E-state index < -0.39 is 12.4 Å². The highest BCUT2D eigenvalue weighted by Gasteiger charge is 2.28. The minimum atomic E-state index is -0.485. The number of amides is 1. The lowest BCUT2D eigenvalue weighted by atomic mass is 10.1. The summed E-state index contributed by atoms with van der Waals surface area (Å²) in [5.41, 5.74) is 0. The smallest absolute Gasteiger partial charge is 0.219 e. The van der Waals surface area contributed by atoms with Gasteiger partial charge in [0.1, 0.15) is 0 Å². The zero-order valence-electron chi connectivity index (χ0n) is 10.8. The fraction of sp³-hybridized carbons (Fsp3) is 0.917. The number of nitrogens with one attached hydrogen (secondary N) is 1. The van der Waals surface area contributed by atoms with Gasteiger partial charge in [-0.25, -0.2) is 0 Å². The summed E-state index contributed by atoms with van der Waals surface area (Å²) in [5, 5.41) is 21.3. The molecule has 1 heterocycles. The molecular weight excluding hydrogens is 238 g/mol. The molecule has 0 aromatic heterocycles.